The third-order valence-corrected chi connectivity index (χ3v) is 5.34. The minimum atomic E-state index is 0.522. The second-order valence-corrected chi connectivity index (χ2v) is 7.36. The molecule has 0 radical (unpaired) electrons. The van der Waals surface area contributed by atoms with Crippen molar-refractivity contribution >= 4 is 23.2 Å². The molecule has 1 unspecified atom stereocenters. The van der Waals surface area contributed by atoms with Gasteiger partial charge in [-0.05, 0) is 67.8 Å². The molecule has 118 valence electrons. The molecule has 0 aliphatic heterocycles. The van der Waals surface area contributed by atoms with Crippen molar-refractivity contribution in [3.05, 3.63) is 33.8 Å². The van der Waals surface area contributed by atoms with Gasteiger partial charge in [0.2, 0.25) is 0 Å². The maximum absolute atomic E-state index is 6.35. The van der Waals surface area contributed by atoms with Gasteiger partial charge in [-0.2, -0.15) is 0 Å². The average Bonchev–Trinajstić information content (AvgIpc) is 2.48. The molecule has 21 heavy (non-hydrogen) atoms. The van der Waals surface area contributed by atoms with Gasteiger partial charge in [0.1, 0.15) is 0 Å². The lowest BCUT2D eigenvalue weighted by molar-refractivity contribution is 0.229. The van der Waals surface area contributed by atoms with Gasteiger partial charge >= 0.3 is 0 Å². The monoisotopic (exact) mass is 327 g/mol. The Kier molecular flexibility index (Phi) is 6.85. The minimum Gasteiger partial charge on any atom is -0.313 e. The lowest BCUT2D eigenvalue weighted by Crippen LogP contribution is -2.40. The lowest BCUT2D eigenvalue weighted by Gasteiger charge is -2.33. The van der Waals surface area contributed by atoms with Crippen LogP contribution >= 0.6 is 23.2 Å². The SMILES string of the molecule is CCCNC(Cc1cc(Cl)ccc1Cl)C1CCC(C)CC1. The first kappa shape index (κ1) is 17.1. The molecule has 2 rings (SSSR count). The van der Waals surface area contributed by atoms with E-state index in [4.69, 9.17) is 23.2 Å². The first-order valence-electron chi connectivity index (χ1n) is 8.27. The van der Waals surface area contributed by atoms with Crippen molar-refractivity contribution < 1.29 is 0 Å². The van der Waals surface area contributed by atoms with E-state index in [1.807, 2.05) is 18.2 Å². The Morgan fingerprint density at radius 1 is 1.19 bits per heavy atom. The Hall–Kier alpha value is -0.240. The summed E-state index contributed by atoms with van der Waals surface area (Å²) in [5.74, 6) is 1.66. The number of hydrogen-bond acceptors (Lipinski definition) is 1. The van der Waals surface area contributed by atoms with Crippen molar-refractivity contribution in [1.29, 1.82) is 0 Å². The van der Waals surface area contributed by atoms with Gasteiger partial charge in [-0.3, -0.25) is 0 Å². The molecule has 1 aliphatic rings. The molecule has 1 fully saturated rings. The Labute approximate surface area is 139 Å². The van der Waals surface area contributed by atoms with Crippen LogP contribution in [-0.2, 0) is 6.42 Å². The molecular weight excluding hydrogens is 301 g/mol. The first-order chi connectivity index (χ1) is 10.1. The first-order valence-corrected chi connectivity index (χ1v) is 9.03. The summed E-state index contributed by atoms with van der Waals surface area (Å²) in [5.41, 5.74) is 1.18. The van der Waals surface area contributed by atoms with Crippen molar-refractivity contribution in [2.75, 3.05) is 6.54 Å². The van der Waals surface area contributed by atoms with Crippen LogP contribution in [0.5, 0.6) is 0 Å². The van der Waals surface area contributed by atoms with Gasteiger partial charge in [-0.15, -0.1) is 0 Å². The quantitative estimate of drug-likeness (QED) is 0.703. The zero-order chi connectivity index (χ0) is 15.2. The van der Waals surface area contributed by atoms with Crippen LogP contribution in [-0.4, -0.2) is 12.6 Å². The highest BCUT2D eigenvalue weighted by atomic mass is 35.5. The van der Waals surface area contributed by atoms with E-state index in [0.717, 1.165) is 34.8 Å². The fraction of sp³-hybridized carbons (Fsp3) is 0.667. The van der Waals surface area contributed by atoms with Crippen LogP contribution < -0.4 is 5.32 Å². The predicted molar refractivity (Wildman–Crippen MR) is 93.4 cm³/mol. The van der Waals surface area contributed by atoms with E-state index in [9.17, 15) is 0 Å². The third-order valence-electron chi connectivity index (χ3n) is 4.73. The molecule has 1 aromatic carbocycles. The highest BCUT2D eigenvalue weighted by Gasteiger charge is 2.26. The molecule has 1 aromatic rings. The summed E-state index contributed by atoms with van der Waals surface area (Å²) >= 11 is 12.5. The number of hydrogen-bond donors (Lipinski definition) is 1. The van der Waals surface area contributed by atoms with Crippen LogP contribution in [0.15, 0.2) is 18.2 Å². The zero-order valence-corrected chi connectivity index (χ0v) is 14.7. The lowest BCUT2D eigenvalue weighted by atomic mass is 9.77. The van der Waals surface area contributed by atoms with Crippen LogP contribution in [0.3, 0.4) is 0 Å². The molecule has 1 saturated carbocycles. The van der Waals surface area contributed by atoms with Gasteiger partial charge in [-0.25, -0.2) is 0 Å². The van der Waals surface area contributed by atoms with Crippen LogP contribution in [0.4, 0.5) is 0 Å². The van der Waals surface area contributed by atoms with Crippen LogP contribution in [0.1, 0.15) is 51.5 Å². The number of halogens is 2. The molecule has 3 heteroatoms. The van der Waals surface area contributed by atoms with Crippen molar-refractivity contribution in [2.24, 2.45) is 11.8 Å². The molecule has 0 heterocycles. The summed E-state index contributed by atoms with van der Waals surface area (Å²) in [6, 6.07) is 6.33. The van der Waals surface area contributed by atoms with E-state index in [-0.39, 0.29) is 0 Å². The summed E-state index contributed by atoms with van der Waals surface area (Å²) < 4.78 is 0. The minimum absolute atomic E-state index is 0.522. The summed E-state index contributed by atoms with van der Waals surface area (Å²) in [6.45, 7) is 5.67. The van der Waals surface area contributed by atoms with Crippen molar-refractivity contribution in [1.82, 2.24) is 5.32 Å². The Balaban J connectivity index is 2.06. The van der Waals surface area contributed by atoms with E-state index >= 15 is 0 Å². The van der Waals surface area contributed by atoms with Gasteiger partial charge in [0, 0.05) is 16.1 Å². The maximum Gasteiger partial charge on any atom is 0.0439 e. The van der Waals surface area contributed by atoms with Gasteiger partial charge in [0.25, 0.3) is 0 Å². The number of nitrogens with one attached hydrogen (secondary N) is 1. The van der Waals surface area contributed by atoms with E-state index < -0.39 is 0 Å². The Bertz CT molecular complexity index is 439. The normalized spacial score (nSPS) is 24.0. The Morgan fingerprint density at radius 3 is 2.57 bits per heavy atom. The molecule has 1 atom stereocenters. The standard InChI is InChI=1S/C18H27Cl2N/c1-3-10-21-18(14-6-4-13(2)5-7-14)12-15-11-16(19)8-9-17(15)20/h8-9,11,13-14,18,21H,3-7,10,12H2,1-2H3. The summed E-state index contributed by atoms with van der Waals surface area (Å²) in [5, 5.41) is 5.37. The average molecular weight is 328 g/mol. The second-order valence-electron chi connectivity index (χ2n) is 6.52. The van der Waals surface area contributed by atoms with E-state index in [1.165, 1.54) is 37.7 Å². The van der Waals surface area contributed by atoms with Crippen molar-refractivity contribution in [2.45, 2.75) is 58.4 Å². The molecule has 0 amide bonds. The zero-order valence-electron chi connectivity index (χ0n) is 13.2. The number of rotatable bonds is 6. The van der Waals surface area contributed by atoms with Gasteiger partial charge in [0.05, 0.1) is 0 Å². The van der Waals surface area contributed by atoms with Gasteiger partial charge in [0.15, 0.2) is 0 Å². The fourth-order valence-electron chi connectivity index (χ4n) is 3.36. The molecule has 0 saturated heterocycles. The molecule has 0 spiro atoms. The molecule has 1 nitrogen and oxygen atoms in total. The van der Waals surface area contributed by atoms with Gasteiger partial charge < -0.3 is 5.32 Å². The van der Waals surface area contributed by atoms with Crippen LogP contribution in [0, 0.1) is 11.8 Å². The number of benzene rings is 1. The Morgan fingerprint density at radius 2 is 1.90 bits per heavy atom. The fourth-order valence-corrected chi connectivity index (χ4v) is 3.75. The summed E-state index contributed by atoms with van der Waals surface area (Å²) in [4.78, 5) is 0. The van der Waals surface area contributed by atoms with Crippen LogP contribution in [0.25, 0.3) is 0 Å². The maximum atomic E-state index is 6.35. The van der Waals surface area contributed by atoms with E-state index in [1.54, 1.807) is 0 Å². The summed E-state index contributed by atoms with van der Waals surface area (Å²) in [6.07, 6.45) is 7.54. The van der Waals surface area contributed by atoms with E-state index in [0.29, 0.717) is 6.04 Å². The second kappa shape index (κ2) is 8.41. The highest BCUT2D eigenvalue weighted by molar-refractivity contribution is 6.33. The van der Waals surface area contributed by atoms with Gasteiger partial charge in [-0.1, -0.05) is 49.9 Å². The topological polar surface area (TPSA) is 12.0 Å². The molecule has 0 aromatic heterocycles. The smallest absolute Gasteiger partial charge is 0.0439 e. The molecular formula is C18H27Cl2N. The summed E-state index contributed by atoms with van der Waals surface area (Å²) in [7, 11) is 0. The predicted octanol–water partition coefficient (Wildman–Crippen LogP) is 5.73. The molecule has 1 aliphatic carbocycles. The highest BCUT2D eigenvalue weighted by Crippen LogP contribution is 2.32. The van der Waals surface area contributed by atoms with Crippen molar-refractivity contribution in [3.8, 4) is 0 Å². The van der Waals surface area contributed by atoms with Crippen LogP contribution in [0.2, 0.25) is 10.0 Å². The third kappa shape index (κ3) is 5.16. The van der Waals surface area contributed by atoms with E-state index in [2.05, 4.69) is 19.2 Å². The largest absolute Gasteiger partial charge is 0.313 e. The molecule has 0 bridgehead atoms. The van der Waals surface area contributed by atoms with Crippen molar-refractivity contribution in [3.63, 3.8) is 0 Å². The molecule has 1 N–H and O–H groups in total.